The van der Waals surface area contributed by atoms with E-state index in [1.807, 2.05) is 6.92 Å². The molecule has 3 nitrogen and oxygen atoms in total. The lowest BCUT2D eigenvalue weighted by Gasteiger charge is -2.27. The van der Waals surface area contributed by atoms with Crippen LogP contribution in [0.15, 0.2) is 5.38 Å². The molecule has 0 saturated carbocycles. The summed E-state index contributed by atoms with van der Waals surface area (Å²) < 4.78 is 5.43. The molecule has 0 aliphatic carbocycles. The van der Waals surface area contributed by atoms with Crippen molar-refractivity contribution >= 4 is 11.3 Å². The van der Waals surface area contributed by atoms with E-state index in [1.165, 1.54) is 5.01 Å². The molecule has 2 N–H and O–H groups in total. The minimum atomic E-state index is 0.285. The van der Waals surface area contributed by atoms with Crippen LogP contribution in [-0.2, 0) is 11.2 Å². The Morgan fingerprint density at radius 1 is 1.71 bits per heavy atom. The van der Waals surface area contributed by atoms with Crippen LogP contribution in [-0.4, -0.2) is 24.2 Å². The highest BCUT2D eigenvalue weighted by Crippen LogP contribution is 2.20. The summed E-state index contributed by atoms with van der Waals surface area (Å²) in [5.74, 6) is 0.453. The van der Waals surface area contributed by atoms with Gasteiger partial charge in [0, 0.05) is 36.1 Å². The molecule has 4 heteroatoms. The van der Waals surface area contributed by atoms with Crippen molar-refractivity contribution in [1.29, 1.82) is 0 Å². The van der Waals surface area contributed by atoms with Crippen molar-refractivity contribution in [3.63, 3.8) is 0 Å². The maximum atomic E-state index is 6.03. The SMILES string of the molecule is Cc1csc(CC2COCCC2N)n1. The van der Waals surface area contributed by atoms with Crippen molar-refractivity contribution in [1.82, 2.24) is 4.98 Å². The highest BCUT2D eigenvalue weighted by Gasteiger charge is 2.23. The normalized spacial score (nSPS) is 27.9. The van der Waals surface area contributed by atoms with Crippen LogP contribution in [0.25, 0.3) is 0 Å². The van der Waals surface area contributed by atoms with E-state index in [-0.39, 0.29) is 6.04 Å². The Balaban J connectivity index is 1.95. The lowest BCUT2D eigenvalue weighted by molar-refractivity contribution is 0.0422. The largest absolute Gasteiger partial charge is 0.381 e. The fourth-order valence-corrected chi connectivity index (χ4v) is 2.61. The molecule has 1 aromatic heterocycles. The van der Waals surface area contributed by atoms with Crippen molar-refractivity contribution in [2.45, 2.75) is 25.8 Å². The summed E-state index contributed by atoms with van der Waals surface area (Å²) >= 11 is 1.72. The van der Waals surface area contributed by atoms with Crippen LogP contribution in [0.1, 0.15) is 17.1 Å². The summed E-state index contributed by atoms with van der Waals surface area (Å²) in [4.78, 5) is 4.45. The fraction of sp³-hybridized carbons (Fsp3) is 0.700. The molecule has 2 atom stereocenters. The van der Waals surface area contributed by atoms with Gasteiger partial charge in [-0.15, -0.1) is 11.3 Å². The lowest BCUT2D eigenvalue weighted by Crippen LogP contribution is -2.39. The van der Waals surface area contributed by atoms with E-state index in [9.17, 15) is 0 Å². The molecule has 1 fully saturated rings. The Hall–Kier alpha value is -0.450. The van der Waals surface area contributed by atoms with Crippen molar-refractivity contribution in [2.24, 2.45) is 11.7 Å². The van der Waals surface area contributed by atoms with E-state index in [2.05, 4.69) is 10.4 Å². The predicted molar refractivity (Wildman–Crippen MR) is 57.5 cm³/mol. The van der Waals surface area contributed by atoms with Crippen LogP contribution in [0.4, 0.5) is 0 Å². The van der Waals surface area contributed by atoms with Crippen LogP contribution < -0.4 is 5.73 Å². The van der Waals surface area contributed by atoms with Crippen molar-refractivity contribution < 1.29 is 4.74 Å². The second-order valence-electron chi connectivity index (χ2n) is 3.87. The zero-order valence-corrected chi connectivity index (χ0v) is 9.22. The number of hydrogen-bond donors (Lipinski definition) is 1. The van der Waals surface area contributed by atoms with E-state index in [1.54, 1.807) is 11.3 Å². The summed E-state index contributed by atoms with van der Waals surface area (Å²) in [6.07, 6.45) is 1.95. The summed E-state index contributed by atoms with van der Waals surface area (Å²) in [5.41, 5.74) is 7.14. The number of nitrogens with two attached hydrogens (primary N) is 1. The van der Waals surface area contributed by atoms with Crippen LogP contribution in [0.3, 0.4) is 0 Å². The van der Waals surface area contributed by atoms with Gasteiger partial charge in [0.25, 0.3) is 0 Å². The Morgan fingerprint density at radius 2 is 2.57 bits per heavy atom. The second kappa shape index (κ2) is 4.38. The average molecular weight is 212 g/mol. The maximum absolute atomic E-state index is 6.03. The Labute approximate surface area is 88.3 Å². The number of rotatable bonds is 2. The number of aromatic nitrogens is 1. The third-order valence-corrected chi connectivity index (χ3v) is 3.63. The highest BCUT2D eigenvalue weighted by atomic mass is 32.1. The standard InChI is InChI=1S/C10H16N2OS/c1-7-6-14-10(12-7)4-8-5-13-3-2-9(8)11/h6,8-9H,2-5,11H2,1H3. The van der Waals surface area contributed by atoms with Gasteiger partial charge in [0.15, 0.2) is 0 Å². The third-order valence-electron chi connectivity index (χ3n) is 2.64. The van der Waals surface area contributed by atoms with Crippen molar-refractivity contribution in [2.75, 3.05) is 13.2 Å². The summed E-state index contributed by atoms with van der Waals surface area (Å²) in [6.45, 7) is 3.63. The quantitative estimate of drug-likeness (QED) is 0.805. The number of aryl methyl sites for hydroxylation is 1. The summed E-state index contributed by atoms with van der Waals surface area (Å²) in [6, 6.07) is 0.285. The molecule has 14 heavy (non-hydrogen) atoms. The van der Waals surface area contributed by atoms with Crippen LogP contribution in [0.2, 0.25) is 0 Å². The lowest BCUT2D eigenvalue weighted by atomic mass is 9.94. The summed E-state index contributed by atoms with van der Waals surface area (Å²) in [5, 5.41) is 3.28. The molecule has 0 amide bonds. The Morgan fingerprint density at radius 3 is 3.21 bits per heavy atom. The highest BCUT2D eigenvalue weighted by molar-refractivity contribution is 7.09. The summed E-state index contributed by atoms with van der Waals surface area (Å²) in [7, 11) is 0. The van der Waals surface area contributed by atoms with Gasteiger partial charge < -0.3 is 10.5 Å². The zero-order chi connectivity index (χ0) is 9.97. The van der Waals surface area contributed by atoms with Crippen LogP contribution in [0, 0.1) is 12.8 Å². The molecule has 1 aliphatic rings. The molecule has 2 heterocycles. The van der Waals surface area contributed by atoms with Gasteiger partial charge in [-0.2, -0.15) is 0 Å². The van der Waals surface area contributed by atoms with Crippen molar-refractivity contribution in [3.8, 4) is 0 Å². The van der Waals surface area contributed by atoms with Gasteiger partial charge in [0.2, 0.25) is 0 Å². The predicted octanol–water partition coefficient (Wildman–Crippen LogP) is 1.36. The van der Waals surface area contributed by atoms with Gasteiger partial charge in [-0.3, -0.25) is 0 Å². The monoisotopic (exact) mass is 212 g/mol. The van der Waals surface area contributed by atoms with Gasteiger partial charge in [0.05, 0.1) is 11.6 Å². The number of nitrogens with zero attached hydrogens (tertiary/aromatic N) is 1. The van der Waals surface area contributed by atoms with Crippen LogP contribution in [0.5, 0.6) is 0 Å². The molecule has 0 radical (unpaired) electrons. The molecule has 0 bridgehead atoms. The van der Waals surface area contributed by atoms with E-state index < -0.39 is 0 Å². The van der Waals surface area contributed by atoms with E-state index in [0.717, 1.165) is 31.7 Å². The smallest absolute Gasteiger partial charge is 0.0932 e. The first-order valence-electron chi connectivity index (χ1n) is 5.00. The Bertz CT molecular complexity index is 300. The first-order chi connectivity index (χ1) is 6.75. The molecule has 1 saturated heterocycles. The number of hydrogen-bond acceptors (Lipinski definition) is 4. The van der Waals surface area contributed by atoms with Gasteiger partial charge in [0.1, 0.15) is 0 Å². The van der Waals surface area contributed by atoms with Gasteiger partial charge >= 0.3 is 0 Å². The molecule has 2 rings (SSSR count). The second-order valence-corrected chi connectivity index (χ2v) is 4.82. The van der Waals surface area contributed by atoms with E-state index >= 15 is 0 Å². The molecular weight excluding hydrogens is 196 g/mol. The number of thiazole rings is 1. The molecule has 1 aromatic rings. The first-order valence-corrected chi connectivity index (χ1v) is 5.88. The minimum absolute atomic E-state index is 0.285. The van der Waals surface area contributed by atoms with Gasteiger partial charge in [-0.1, -0.05) is 0 Å². The third kappa shape index (κ3) is 2.32. The zero-order valence-electron chi connectivity index (χ0n) is 8.40. The van der Waals surface area contributed by atoms with E-state index in [0.29, 0.717) is 5.92 Å². The molecule has 78 valence electrons. The van der Waals surface area contributed by atoms with E-state index in [4.69, 9.17) is 10.5 Å². The number of ether oxygens (including phenoxy) is 1. The van der Waals surface area contributed by atoms with Gasteiger partial charge in [-0.05, 0) is 13.3 Å². The molecule has 1 aliphatic heterocycles. The topological polar surface area (TPSA) is 48.1 Å². The van der Waals surface area contributed by atoms with Crippen LogP contribution >= 0.6 is 11.3 Å². The molecular formula is C10H16N2OS. The van der Waals surface area contributed by atoms with Gasteiger partial charge in [-0.25, -0.2) is 4.98 Å². The molecule has 0 aromatic carbocycles. The molecule has 0 spiro atoms. The minimum Gasteiger partial charge on any atom is -0.381 e. The average Bonchev–Trinajstić information content (AvgIpc) is 2.56. The first kappa shape index (κ1) is 10.1. The fourth-order valence-electron chi connectivity index (χ4n) is 1.74. The Kier molecular flexibility index (Phi) is 3.15. The van der Waals surface area contributed by atoms with Crippen molar-refractivity contribution in [3.05, 3.63) is 16.1 Å². The molecule has 2 unspecified atom stereocenters. The maximum Gasteiger partial charge on any atom is 0.0932 e.